The maximum Gasteiger partial charge on any atom is 0.0934 e. The average molecular weight is 282 g/mol. The Morgan fingerprint density at radius 3 is 2.61 bits per heavy atom. The van der Waals surface area contributed by atoms with Gasteiger partial charge in [-0.3, -0.25) is 0 Å². The molecule has 1 atom stereocenters. The zero-order valence-corrected chi connectivity index (χ0v) is 12.2. The Morgan fingerprint density at radius 1 is 1.22 bits per heavy atom. The molecule has 0 saturated heterocycles. The summed E-state index contributed by atoms with van der Waals surface area (Å²) in [5.41, 5.74) is 1.50. The van der Waals surface area contributed by atoms with Crippen molar-refractivity contribution in [2.45, 2.75) is 44.6 Å². The van der Waals surface area contributed by atoms with Gasteiger partial charge in [0, 0.05) is 10.9 Å². The molecule has 0 bridgehead atoms. The third-order valence-electron chi connectivity index (χ3n) is 4.90. The molecule has 18 heavy (non-hydrogen) atoms. The van der Waals surface area contributed by atoms with Crippen LogP contribution in [0.1, 0.15) is 48.6 Å². The molecule has 1 aromatic heterocycles. The maximum atomic E-state index is 6.12. The van der Waals surface area contributed by atoms with Gasteiger partial charge in [0.1, 0.15) is 0 Å². The Labute approximate surface area is 118 Å². The molecule has 1 aromatic rings. The summed E-state index contributed by atoms with van der Waals surface area (Å²) in [5.74, 6) is 3.08. The van der Waals surface area contributed by atoms with Crippen LogP contribution < -0.4 is 5.32 Å². The van der Waals surface area contributed by atoms with Gasteiger partial charge in [-0.2, -0.15) is 0 Å². The number of aryl methyl sites for hydroxylation is 1. The molecule has 4 rings (SSSR count). The third-order valence-corrected chi connectivity index (χ3v) is 6.24. The van der Waals surface area contributed by atoms with E-state index < -0.39 is 0 Å². The number of halogens is 1. The first-order valence-electron chi connectivity index (χ1n) is 7.33. The molecule has 0 aromatic carbocycles. The van der Waals surface area contributed by atoms with Crippen molar-refractivity contribution in [3.63, 3.8) is 0 Å². The van der Waals surface area contributed by atoms with E-state index in [1.807, 2.05) is 0 Å². The van der Waals surface area contributed by atoms with Crippen LogP contribution in [0.2, 0.25) is 4.34 Å². The standard InChI is InChI=1S/C15H20ClNS/c16-15-7-11-13(5-6-14(11)18-15)17-8-12(9-1-2-9)10-3-4-10/h7,9-10,12-13,17H,1-6,8H2. The van der Waals surface area contributed by atoms with Gasteiger partial charge in [-0.15, -0.1) is 11.3 Å². The van der Waals surface area contributed by atoms with E-state index in [0.717, 1.165) is 22.1 Å². The van der Waals surface area contributed by atoms with Crippen LogP contribution in [-0.2, 0) is 6.42 Å². The molecule has 1 N–H and O–H groups in total. The van der Waals surface area contributed by atoms with E-state index in [-0.39, 0.29) is 0 Å². The summed E-state index contributed by atoms with van der Waals surface area (Å²) in [6, 6.07) is 2.78. The van der Waals surface area contributed by atoms with Crippen LogP contribution in [0.15, 0.2) is 6.07 Å². The van der Waals surface area contributed by atoms with Crippen LogP contribution in [0.4, 0.5) is 0 Å². The Hall–Kier alpha value is -0.0500. The molecule has 1 unspecified atom stereocenters. The molecule has 3 aliphatic rings. The maximum absolute atomic E-state index is 6.12. The molecular weight excluding hydrogens is 262 g/mol. The van der Waals surface area contributed by atoms with E-state index in [1.54, 1.807) is 11.3 Å². The van der Waals surface area contributed by atoms with Gasteiger partial charge in [-0.05, 0) is 74.5 Å². The normalized spacial score (nSPS) is 26.9. The Balaban J connectivity index is 1.40. The fourth-order valence-corrected chi connectivity index (χ4v) is 4.94. The van der Waals surface area contributed by atoms with Gasteiger partial charge in [0.05, 0.1) is 4.34 Å². The first-order chi connectivity index (χ1) is 8.81. The summed E-state index contributed by atoms with van der Waals surface area (Å²) >= 11 is 7.90. The first kappa shape index (κ1) is 11.7. The fraction of sp³-hybridized carbons (Fsp3) is 0.733. The van der Waals surface area contributed by atoms with Crippen LogP contribution in [0, 0.1) is 17.8 Å². The fourth-order valence-electron chi connectivity index (χ4n) is 3.59. The average Bonchev–Trinajstić information content (AvgIpc) is 3.24. The molecule has 0 radical (unpaired) electrons. The lowest BCUT2D eigenvalue weighted by Crippen LogP contribution is -2.28. The highest BCUT2D eigenvalue weighted by molar-refractivity contribution is 7.16. The number of rotatable bonds is 5. The summed E-state index contributed by atoms with van der Waals surface area (Å²) in [7, 11) is 0. The molecule has 3 aliphatic carbocycles. The number of fused-ring (bicyclic) bond motifs is 1. The van der Waals surface area contributed by atoms with E-state index in [2.05, 4.69) is 11.4 Å². The van der Waals surface area contributed by atoms with Crippen LogP contribution >= 0.6 is 22.9 Å². The van der Waals surface area contributed by atoms with Gasteiger partial charge in [0.2, 0.25) is 0 Å². The lowest BCUT2D eigenvalue weighted by Gasteiger charge is -2.20. The lowest BCUT2D eigenvalue weighted by atomic mass is 9.97. The molecule has 0 spiro atoms. The second-order valence-corrected chi connectivity index (χ2v) is 8.04. The van der Waals surface area contributed by atoms with Gasteiger partial charge in [-0.25, -0.2) is 0 Å². The molecule has 3 heteroatoms. The quantitative estimate of drug-likeness (QED) is 0.843. The highest BCUT2D eigenvalue weighted by Gasteiger charge is 2.41. The minimum Gasteiger partial charge on any atom is -0.310 e. The summed E-state index contributed by atoms with van der Waals surface area (Å²) in [5, 5.41) is 3.84. The molecule has 2 saturated carbocycles. The van der Waals surface area contributed by atoms with Crippen molar-refractivity contribution in [1.82, 2.24) is 5.32 Å². The van der Waals surface area contributed by atoms with Gasteiger partial charge < -0.3 is 5.32 Å². The summed E-state index contributed by atoms with van der Waals surface area (Å²) in [4.78, 5) is 1.52. The van der Waals surface area contributed by atoms with E-state index in [9.17, 15) is 0 Å². The van der Waals surface area contributed by atoms with Gasteiger partial charge in [0.15, 0.2) is 0 Å². The van der Waals surface area contributed by atoms with Crippen molar-refractivity contribution in [3.8, 4) is 0 Å². The second kappa shape index (κ2) is 4.50. The molecular formula is C15H20ClNS. The number of hydrogen-bond donors (Lipinski definition) is 1. The lowest BCUT2D eigenvalue weighted by molar-refractivity contribution is 0.355. The smallest absolute Gasteiger partial charge is 0.0934 e. The predicted octanol–water partition coefficient (Wildman–Crippen LogP) is 4.41. The Morgan fingerprint density at radius 2 is 1.94 bits per heavy atom. The summed E-state index contributed by atoms with van der Waals surface area (Å²) in [6.45, 7) is 1.24. The molecule has 98 valence electrons. The van der Waals surface area contributed by atoms with Crippen LogP contribution in [-0.4, -0.2) is 6.54 Å². The van der Waals surface area contributed by atoms with Crippen LogP contribution in [0.3, 0.4) is 0 Å². The van der Waals surface area contributed by atoms with Gasteiger partial charge in [-0.1, -0.05) is 11.6 Å². The van der Waals surface area contributed by atoms with Crippen molar-refractivity contribution in [2.75, 3.05) is 6.54 Å². The van der Waals surface area contributed by atoms with Crippen LogP contribution in [0.5, 0.6) is 0 Å². The van der Waals surface area contributed by atoms with Crippen LogP contribution in [0.25, 0.3) is 0 Å². The monoisotopic (exact) mass is 281 g/mol. The number of nitrogens with one attached hydrogen (secondary N) is 1. The molecule has 0 amide bonds. The zero-order valence-electron chi connectivity index (χ0n) is 10.6. The van der Waals surface area contributed by atoms with Crippen molar-refractivity contribution in [1.29, 1.82) is 0 Å². The van der Waals surface area contributed by atoms with Crippen molar-refractivity contribution in [3.05, 3.63) is 20.8 Å². The van der Waals surface area contributed by atoms with E-state index in [4.69, 9.17) is 11.6 Å². The SMILES string of the molecule is Clc1cc2c(s1)CCC2NCC(C1CC1)C1CC1. The Bertz CT molecular complexity index is 435. The first-order valence-corrected chi connectivity index (χ1v) is 8.52. The van der Waals surface area contributed by atoms with Crippen molar-refractivity contribution >= 4 is 22.9 Å². The number of hydrogen-bond acceptors (Lipinski definition) is 2. The third kappa shape index (κ3) is 2.23. The summed E-state index contributed by atoms with van der Waals surface area (Å²) in [6.07, 6.45) is 8.46. The van der Waals surface area contributed by atoms with Crippen molar-refractivity contribution < 1.29 is 0 Å². The predicted molar refractivity (Wildman–Crippen MR) is 77.3 cm³/mol. The topological polar surface area (TPSA) is 12.0 Å². The molecule has 1 nitrogen and oxygen atoms in total. The Kier molecular flexibility index (Phi) is 2.94. The zero-order chi connectivity index (χ0) is 12.1. The van der Waals surface area contributed by atoms with Gasteiger partial charge >= 0.3 is 0 Å². The number of thiophene rings is 1. The molecule has 2 fully saturated rings. The minimum atomic E-state index is 0.587. The minimum absolute atomic E-state index is 0.587. The molecule has 0 aliphatic heterocycles. The van der Waals surface area contributed by atoms with E-state index in [1.165, 1.54) is 55.5 Å². The van der Waals surface area contributed by atoms with Gasteiger partial charge in [0.25, 0.3) is 0 Å². The van der Waals surface area contributed by atoms with Crippen molar-refractivity contribution in [2.24, 2.45) is 17.8 Å². The highest BCUT2D eigenvalue weighted by Crippen LogP contribution is 2.49. The second-order valence-electron chi connectivity index (χ2n) is 6.27. The highest BCUT2D eigenvalue weighted by atomic mass is 35.5. The summed E-state index contributed by atoms with van der Waals surface area (Å²) < 4.78 is 0.965. The molecule has 1 heterocycles. The van der Waals surface area contributed by atoms with E-state index >= 15 is 0 Å². The van der Waals surface area contributed by atoms with E-state index in [0.29, 0.717) is 6.04 Å². The largest absolute Gasteiger partial charge is 0.310 e.